The van der Waals surface area contributed by atoms with Crippen molar-refractivity contribution in [3.05, 3.63) is 24.6 Å². The van der Waals surface area contributed by atoms with Gasteiger partial charge in [0.15, 0.2) is 5.83 Å². The van der Waals surface area contributed by atoms with Gasteiger partial charge in [0.05, 0.1) is 0 Å². The second-order valence-electron chi connectivity index (χ2n) is 7.34. The molecule has 237 valence electrons. The molecule has 0 aliphatic carbocycles. The SMILES string of the molecule is [CH]=CC(F)(F)C(F)(F)C(F)(F)C(F)(F)C(F)(F)C(F)=CCC(F)(F)C(F)(F)C(F)(F)C(F)(F)C(F)(F)C(F)(F)F. The van der Waals surface area contributed by atoms with Crippen molar-refractivity contribution in [1.29, 1.82) is 0 Å². The molecule has 0 saturated carbocycles. The molecule has 40 heavy (non-hydrogen) atoms. The molecule has 0 atom stereocenters. The third-order valence-corrected chi connectivity index (χ3v) is 4.65. The number of alkyl halides is 23. The maximum Gasteiger partial charge on any atom is 0.460 e. The van der Waals surface area contributed by atoms with Crippen LogP contribution in [0.4, 0.5) is 105 Å². The van der Waals surface area contributed by atoms with E-state index in [1.54, 1.807) is 0 Å². The van der Waals surface area contributed by atoms with E-state index in [2.05, 4.69) is 6.58 Å². The third kappa shape index (κ3) is 4.93. The summed E-state index contributed by atoms with van der Waals surface area (Å²) in [6.07, 6.45) is -16.0. The minimum Gasteiger partial charge on any atom is -0.205 e. The van der Waals surface area contributed by atoms with Gasteiger partial charge in [0.1, 0.15) is 0 Å². The zero-order valence-corrected chi connectivity index (χ0v) is 17.5. The van der Waals surface area contributed by atoms with E-state index in [9.17, 15) is 105 Å². The van der Waals surface area contributed by atoms with Gasteiger partial charge < -0.3 is 0 Å². The highest BCUT2D eigenvalue weighted by Crippen LogP contribution is 2.62. The molecule has 0 aromatic heterocycles. The lowest BCUT2D eigenvalue weighted by Gasteiger charge is -2.39. The van der Waals surface area contributed by atoms with Crippen LogP contribution < -0.4 is 0 Å². The quantitative estimate of drug-likeness (QED) is 0.185. The zero-order valence-electron chi connectivity index (χ0n) is 17.5. The average Bonchev–Trinajstić information content (AvgIpc) is 2.75. The van der Waals surface area contributed by atoms with Gasteiger partial charge in [0, 0.05) is 6.42 Å². The second kappa shape index (κ2) is 9.68. The second-order valence-corrected chi connectivity index (χ2v) is 7.34. The van der Waals surface area contributed by atoms with Crippen LogP contribution in [0, 0.1) is 6.58 Å². The van der Waals surface area contributed by atoms with Gasteiger partial charge in [0.25, 0.3) is 0 Å². The fraction of sp³-hybridized carbons (Fsp3) is 0.750. The zero-order chi connectivity index (χ0) is 33.2. The molecule has 24 heteroatoms. The summed E-state index contributed by atoms with van der Waals surface area (Å²) in [5, 5.41) is 0. The van der Waals surface area contributed by atoms with Gasteiger partial charge in [-0.15, -0.1) is 0 Å². The molecule has 0 amide bonds. The Labute approximate surface area is 203 Å². The molecule has 0 nitrogen and oxygen atoms in total. The summed E-state index contributed by atoms with van der Waals surface area (Å²) in [4.78, 5) is 0. The lowest BCUT2D eigenvalue weighted by atomic mass is 9.91. The topological polar surface area (TPSA) is 0 Å². The summed E-state index contributed by atoms with van der Waals surface area (Å²) in [5.74, 6) is -84.1. The van der Waals surface area contributed by atoms with Gasteiger partial charge in [-0.1, -0.05) is 6.58 Å². The largest absolute Gasteiger partial charge is 0.460 e. The summed E-state index contributed by atoms with van der Waals surface area (Å²) in [7, 11) is 0. The highest BCUT2D eigenvalue weighted by molar-refractivity contribution is 5.20. The van der Waals surface area contributed by atoms with Crippen LogP contribution in [0.15, 0.2) is 18.0 Å². The molecule has 0 aliphatic rings. The van der Waals surface area contributed by atoms with Crippen LogP contribution in [0.2, 0.25) is 0 Å². The molecule has 0 bridgehead atoms. The Balaban J connectivity index is 6.69. The Bertz CT molecular complexity index is 962. The molecule has 0 fully saturated rings. The minimum atomic E-state index is -8.56. The summed E-state index contributed by atoms with van der Waals surface area (Å²) >= 11 is 0. The first kappa shape index (κ1) is 37.8. The lowest BCUT2D eigenvalue weighted by molar-refractivity contribution is -0.439. The van der Waals surface area contributed by atoms with Crippen molar-refractivity contribution in [2.45, 2.75) is 71.8 Å². The molecular weight excluding hydrogens is 648 g/mol. The number of hydrogen-bond acceptors (Lipinski definition) is 0. The highest BCUT2D eigenvalue weighted by atomic mass is 19.4. The number of hydrogen-bond donors (Lipinski definition) is 0. The standard InChI is InChI=1S/C16H5F24/c1-2-6(18,19)9(24,25)12(30,31)11(28,29)8(22,23)5(17)3-4-7(20,21)10(26,27)13(32,33)14(34,35)15(36,37)16(38,39)40/h1-3H,4H2. The van der Waals surface area contributed by atoms with Crippen LogP contribution in [0.25, 0.3) is 0 Å². The van der Waals surface area contributed by atoms with Gasteiger partial charge in [0.2, 0.25) is 0 Å². The molecule has 0 heterocycles. The molecule has 0 spiro atoms. The number of halogens is 24. The Kier molecular flexibility index (Phi) is 9.15. The van der Waals surface area contributed by atoms with Crippen molar-refractivity contribution in [3.8, 4) is 0 Å². The molecule has 0 N–H and O–H groups in total. The molecule has 0 rings (SSSR count). The van der Waals surface area contributed by atoms with Crippen LogP contribution in [-0.2, 0) is 0 Å². The van der Waals surface area contributed by atoms with Gasteiger partial charge in [-0.3, -0.25) is 0 Å². The molecule has 0 unspecified atom stereocenters. The molecule has 1 radical (unpaired) electrons. The summed E-state index contributed by atoms with van der Waals surface area (Å²) in [5.41, 5.74) is 0. The molecule has 0 aliphatic heterocycles. The summed E-state index contributed by atoms with van der Waals surface area (Å²) in [6, 6.07) is 0. The van der Waals surface area contributed by atoms with Crippen molar-refractivity contribution in [2.24, 2.45) is 0 Å². The third-order valence-electron chi connectivity index (χ3n) is 4.65. The van der Waals surface area contributed by atoms with Crippen molar-refractivity contribution < 1.29 is 105 Å². The Morgan fingerprint density at radius 3 is 1.10 bits per heavy atom. The monoisotopic (exact) mass is 653 g/mol. The Hall–Kier alpha value is -2.20. The van der Waals surface area contributed by atoms with E-state index in [4.69, 9.17) is 0 Å². The smallest absolute Gasteiger partial charge is 0.205 e. The normalized spacial score (nSPS) is 16.9. The maximum atomic E-state index is 13.5. The summed E-state index contributed by atoms with van der Waals surface area (Å²) < 4.78 is 313. The van der Waals surface area contributed by atoms with E-state index < -0.39 is 89.8 Å². The predicted molar refractivity (Wildman–Crippen MR) is 78.2 cm³/mol. The van der Waals surface area contributed by atoms with Crippen LogP contribution in [0.1, 0.15) is 6.42 Å². The fourth-order valence-electron chi connectivity index (χ4n) is 2.13. The molecule has 0 saturated heterocycles. The highest BCUT2D eigenvalue weighted by Gasteiger charge is 2.91. The first-order valence-corrected chi connectivity index (χ1v) is 8.71. The van der Waals surface area contributed by atoms with Crippen LogP contribution in [0.3, 0.4) is 0 Å². The van der Waals surface area contributed by atoms with Gasteiger partial charge >= 0.3 is 65.4 Å². The van der Waals surface area contributed by atoms with E-state index in [-0.39, 0.29) is 0 Å². The average molecular weight is 653 g/mol. The molecular formula is C16H5F24. The van der Waals surface area contributed by atoms with Gasteiger partial charge in [-0.05, 0) is 12.2 Å². The minimum absolute atomic E-state index is 1.76. The van der Waals surface area contributed by atoms with Crippen LogP contribution in [0.5, 0.6) is 0 Å². The first-order valence-electron chi connectivity index (χ1n) is 8.71. The van der Waals surface area contributed by atoms with Crippen molar-refractivity contribution in [1.82, 2.24) is 0 Å². The first-order chi connectivity index (χ1) is 16.9. The van der Waals surface area contributed by atoms with E-state index in [0.717, 1.165) is 0 Å². The molecule has 0 aromatic rings. The van der Waals surface area contributed by atoms with Crippen LogP contribution in [-0.4, -0.2) is 65.4 Å². The van der Waals surface area contributed by atoms with Crippen molar-refractivity contribution >= 4 is 0 Å². The maximum absolute atomic E-state index is 13.5. The Morgan fingerprint density at radius 1 is 0.450 bits per heavy atom. The van der Waals surface area contributed by atoms with E-state index in [0.29, 0.717) is 0 Å². The lowest BCUT2D eigenvalue weighted by Crippen LogP contribution is -2.70. The van der Waals surface area contributed by atoms with Crippen LogP contribution >= 0.6 is 0 Å². The number of rotatable bonds is 12. The van der Waals surface area contributed by atoms with Gasteiger partial charge in [-0.2, -0.15) is 101 Å². The predicted octanol–water partition coefficient (Wildman–Crippen LogP) is 9.13. The van der Waals surface area contributed by atoms with E-state index >= 15 is 0 Å². The fourth-order valence-corrected chi connectivity index (χ4v) is 2.13. The summed E-state index contributed by atoms with van der Waals surface area (Å²) in [6.45, 7) is 3.77. The Morgan fingerprint density at radius 2 is 0.775 bits per heavy atom. The van der Waals surface area contributed by atoms with E-state index in [1.807, 2.05) is 0 Å². The van der Waals surface area contributed by atoms with Gasteiger partial charge in [-0.25, -0.2) is 4.39 Å². The number of allylic oxidation sites excluding steroid dienone is 3. The van der Waals surface area contributed by atoms with Crippen molar-refractivity contribution in [3.63, 3.8) is 0 Å². The molecule has 0 aromatic carbocycles. The van der Waals surface area contributed by atoms with E-state index in [1.165, 1.54) is 0 Å². The van der Waals surface area contributed by atoms with Crippen molar-refractivity contribution in [2.75, 3.05) is 0 Å².